The number of rotatable bonds is 3. The van der Waals surface area contributed by atoms with Crippen LogP contribution in [0.5, 0.6) is 0 Å². The van der Waals surface area contributed by atoms with Gasteiger partial charge in [-0.1, -0.05) is 6.92 Å². The molecule has 3 unspecified atom stereocenters. The Morgan fingerprint density at radius 3 is 2.70 bits per heavy atom. The number of aliphatic carboxylic acids is 1. The first kappa shape index (κ1) is 7.54. The molecule has 0 amide bonds. The first-order valence-corrected chi connectivity index (χ1v) is 3.58. The summed E-state index contributed by atoms with van der Waals surface area (Å²) in [5, 5.41) is 8.52. The Balaban J connectivity index is 2.19. The van der Waals surface area contributed by atoms with Crippen LogP contribution in [-0.2, 0) is 4.79 Å². The highest BCUT2D eigenvalue weighted by molar-refractivity contribution is 5.69. The van der Waals surface area contributed by atoms with E-state index in [-0.39, 0.29) is 5.92 Å². The summed E-state index contributed by atoms with van der Waals surface area (Å²) in [6.45, 7) is 5.62. The zero-order valence-corrected chi connectivity index (χ0v) is 6.37. The van der Waals surface area contributed by atoms with Gasteiger partial charge in [0.15, 0.2) is 0 Å². The summed E-state index contributed by atoms with van der Waals surface area (Å²) in [4.78, 5) is 12.5. The summed E-state index contributed by atoms with van der Waals surface area (Å²) >= 11 is 0. The van der Waals surface area contributed by atoms with Crippen molar-refractivity contribution in [2.24, 2.45) is 5.92 Å². The van der Waals surface area contributed by atoms with Crippen LogP contribution in [0.25, 0.3) is 0 Å². The molecule has 1 N–H and O–H groups in total. The molecule has 3 atom stereocenters. The Morgan fingerprint density at radius 2 is 2.40 bits per heavy atom. The van der Waals surface area contributed by atoms with E-state index in [4.69, 9.17) is 5.11 Å². The molecule has 0 saturated carbocycles. The topological polar surface area (TPSA) is 40.3 Å². The van der Waals surface area contributed by atoms with Crippen molar-refractivity contribution in [2.75, 3.05) is 13.1 Å². The normalized spacial score (nSPS) is 33.4. The minimum absolute atomic E-state index is 0.218. The van der Waals surface area contributed by atoms with E-state index in [1.807, 2.05) is 0 Å². The molecular formula is C7H13NO2. The van der Waals surface area contributed by atoms with Crippen molar-refractivity contribution in [3.63, 3.8) is 0 Å². The first-order valence-electron chi connectivity index (χ1n) is 3.58. The lowest BCUT2D eigenvalue weighted by atomic mass is 10.2. The van der Waals surface area contributed by atoms with Crippen molar-refractivity contribution in [2.45, 2.75) is 19.9 Å². The van der Waals surface area contributed by atoms with Gasteiger partial charge in [-0.2, -0.15) is 0 Å². The van der Waals surface area contributed by atoms with Crippen LogP contribution in [0.3, 0.4) is 0 Å². The number of hydrogen-bond acceptors (Lipinski definition) is 2. The molecule has 0 radical (unpaired) electrons. The molecule has 1 aliphatic heterocycles. The standard InChI is InChI=1S/C7H13NO2/c1-5(7(9)10)3-8-4-6(8)2/h5-6H,3-4H2,1-2H3,(H,9,10). The van der Waals surface area contributed by atoms with Gasteiger partial charge in [0.05, 0.1) is 5.92 Å². The Labute approximate surface area is 60.6 Å². The zero-order chi connectivity index (χ0) is 7.72. The Hall–Kier alpha value is -0.570. The molecule has 1 heterocycles. The van der Waals surface area contributed by atoms with Gasteiger partial charge in [0, 0.05) is 19.1 Å². The Kier molecular flexibility index (Phi) is 1.94. The molecule has 1 saturated heterocycles. The van der Waals surface area contributed by atoms with E-state index in [0.717, 1.165) is 6.54 Å². The van der Waals surface area contributed by atoms with Crippen molar-refractivity contribution < 1.29 is 9.90 Å². The summed E-state index contributed by atoms with van der Waals surface area (Å²) in [6, 6.07) is 0.613. The molecule has 1 rings (SSSR count). The second-order valence-electron chi connectivity index (χ2n) is 3.04. The Bertz CT molecular complexity index is 147. The second-order valence-corrected chi connectivity index (χ2v) is 3.04. The van der Waals surface area contributed by atoms with Gasteiger partial charge in [0.1, 0.15) is 0 Å². The van der Waals surface area contributed by atoms with Gasteiger partial charge >= 0.3 is 5.97 Å². The van der Waals surface area contributed by atoms with E-state index in [2.05, 4.69) is 11.8 Å². The lowest BCUT2D eigenvalue weighted by Gasteiger charge is -2.05. The predicted molar refractivity (Wildman–Crippen MR) is 37.8 cm³/mol. The average Bonchev–Trinajstić information content (AvgIpc) is 2.46. The zero-order valence-electron chi connectivity index (χ0n) is 6.37. The second kappa shape index (κ2) is 2.58. The monoisotopic (exact) mass is 143 g/mol. The van der Waals surface area contributed by atoms with E-state index in [1.165, 1.54) is 0 Å². The minimum atomic E-state index is -0.695. The fourth-order valence-electron chi connectivity index (χ4n) is 0.977. The summed E-state index contributed by atoms with van der Waals surface area (Å²) in [7, 11) is 0. The molecular weight excluding hydrogens is 130 g/mol. The fraction of sp³-hybridized carbons (Fsp3) is 0.857. The summed E-state index contributed by atoms with van der Waals surface area (Å²) in [6.07, 6.45) is 0. The third-order valence-corrected chi connectivity index (χ3v) is 1.92. The van der Waals surface area contributed by atoms with Gasteiger partial charge in [-0.25, -0.2) is 0 Å². The molecule has 0 aromatic rings. The molecule has 3 nitrogen and oxygen atoms in total. The molecule has 10 heavy (non-hydrogen) atoms. The highest BCUT2D eigenvalue weighted by atomic mass is 16.4. The van der Waals surface area contributed by atoms with Crippen molar-refractivity contribution in [1.29, 1.82) is 0 Å². The maximum Gasteiger partial charge on any atom is 0.307 e. The first-order chi connectivity index (χ1) is 4.61. The number of carbonyl (C=O) groups is 1. The van der Waals surface area contributed by atoms with Gasteiger partial charge in [-0.3, -0.25) is 9.69 Å². The van der Waals surface area contributed by atoms with Gasteiger partial charge < -0.3 is 5.11 Å². The molecule has 58 valence electrons. The van der Waals surface area contributed by atoms with Crippen LogP contribution in [0.1, 0.15) is 13.8 Å². The molecule has 1 fully saturated rings. The van der Waals surface area contributed by atoms with Crippen LogP contribution in [0.15, 0.2) is 0 Å². The molecule has 3 heteroatoms. The molecule has 0 aliphatic carbocycles. The molecule has 0 aromatic carbocycles. The maximum atomic E-state index is 10.3. The van der Waals surface area contributed by atoms with E-state index in [1.54, 1.807) is 6.92 Å². The van der Waals surface area contributed by atoms with E-state index < -0.39 is 5.97 Å². The van der Waals surface area contributed by atoms with Crippen LogP contribution in [0.2, 0.25) is 0 Å². The van der Waals surface area contributed by atoms with E-state index >= 15 is 0 Å². The lowest BCUT2D eigenvalue weighted by Crippen LogP contribution is -2.19. The Morgan fingerprint density at radius 1 is 1.90 bits per heavy atom. The quantitative estimate of drug-likeness (QED) is 0.582. The summed E-state index contributed by atoms with van der Waals surface area (Å²) < 4.78 is 0. The largest absolute Gasteiger partial charge is 0.481 e. The summed E-state index contributed by atoms with van der Waals surface area (Å²) in [5.41, 5.74) is 0. The van der Waals surface area contributed by atoms with E-state index in [0.29, 0.717) is 12.6 Å². The molecule has 1 aliphatic rings. The lowest BCUT2D eigenvalue weighted by molar-refractivity contribution is -0.141. The van der Waals surface area contributed by atoms with Gasteiger partial charge in [0.25, 0.3) is 0 Å². The number of carboxylic acid groups (broad SMARTS) is 1. The number of hydrogen-bond donors (Lipinski definition) is 1. The van der Waals surface area contributed by atoms with Crippen molar-refractivity contribution in [1.82, 2.24) is 4.90 Å². The van der Waals surface area contributed by atoms with Crippen LogP contribution in [0, 0.1) is 5.92 Å². The average molecular weight is 143 g/mol. The van der Waals surface area contributed by atoms with Crippen LogP contribution >= 0.6 is 0 Å². The highest BCUT2D eigenvalue weighted by Crippen LogP contribution is 2.17. The molecule has 0 aromatic heterocycles. The SMILES string of the molecule is CC(CN1CC1C)C(=O)O. The van der Waals surface area contributed by atoms with Crippen LogP contribution in [-0.4, -0.2) is 35.1 Å². The van der Waals surface area contributed by atoms with Crippen molar-refractivity contribution in [3.8, 4) is 0 Å². The summed E-state index contributed by atoms with van der Waals surface area (Å²) in [5.74, 6) is -0.913. The third-order valence-electron chi connectivity index (χ3n) is 1.92. The highest BCUT2D eigenvalue weighted by Gasteiger charge is 2.31. The van der Waals surface area contributed by atoms with Gasteiger partial charge in [-0.05, 0) is 6.92 Å². The van der Waals surface area contributed by atoms with E-state index in [9.17, 15) is 4.79 Å². The number of carboxylic acids is 1. The maximum absolute atomic E-state index is 10.3. The number of nitrogens with zero attached hydrogens (tertiary/aromatic N) is 1. The predicted octanol–water partition coefficient (Wildman–Crippen LogP) is 0.411. The van der Waals surface area contributed by atoms with Gasteiger partial charge in [-0.15, -0.1) is 0 Å². The van der Waals surface area contributed by atoms with Crippen molar-refractivity contribution in [3.05, 3.63) is 0 Å². The van der Waals surface area contributed by atoms with Crippen LogP contribution in [0.4, 0.5) is 0 Å². The molecule has 0 spiro atoms. The minimum Gasteiger partial charge on any atom is -0.481 e. The van der Waals surface area contributed by atoms with Gasteiger partial charge in [0.2, 0.25) is 0 Å². The third kappa shape index (κ3) is 1.70. The fourth-order valence-corrected chi connectivity index (χ4v) is 0.977. The van der Waals surface area contributed by atoms with Crippen molar-refractivity contribution >= 4 is 5.97 Å². The van der Waals surface area contributed by atoms with Crippen LogP contribution < -0.4 is 0 Å². The smallest absolute Gasteiger partial charge is 0.307 e. The molecule has 0 bridgehead atoms.